The van der Waals surface area contributed by atoms with E-state index in [1.807, 2.05) is 11.9 Å². The van der Waals surface area contributed by atoms with Gasteiger partial charge in [0.25, 0.3) is 5.91 Å². The summed E-state index contributed by atoms with van der Waals surface area (Å²) in [7, 11) is 3.68. The van der Waals surface area contributed by atoms with Crippen LogP contribution in [0.4, 0.5) is 10.1 Å². The number of benzene rings is 3. The van der Waals surface area contributed by atoms with Gasteiger partial charge in [0.1, 0.15) is 17.2 Å². The van der Waals surface area contributed by atoms with Crippen molar-refractivity contribution >= 4 is 46.5 Å². The van der Waals surface area contributed by atoms with E-state index in [1.54, 1.807) is 31.1 Å². The summed E-state index contributed by atoms with van der Waals surface area (Å²) in [5.41, 5.74) is 5.44. The first-order valence-corrected chi connectivity index (χ1v) is 14.9. The number of hydrogen-bond donors (Lipinski definition) is 1. The van der Waals surface area contributed by atoms with Crippen molar-refractivity contribution in [3.63, 3.8) is 0 Å². The van der Waals surface area contributed by atoms with E-state index in [0.29, 0.717) is 28.4 Å². The fraction of sp³-hybridized carbons (Fsp3) is 0.300. The number of hydrogen-bond acceptors (Lipinski definition) is 6. The summed E-state index contributed by atoms with van der Waals surface area (Å²) in [6.45, 7) is 2.00. The van der Waals surface area contributed by atoms with E-state index in [1.165, 1.54) is 23.3 Å². The zero-order chi connectivity index (χ0) is 26.6. The number of furan rings is 1. The van der Waals surface area contributed by atoms with Gasteiger partial charge in [-0.1, -0.05) is 54.2 Å². The fourth-order valence-electron chi connectivity index (χ4n) is 5.06. The summed E-state index contributed by atoms with van der Waals surface area (Å²) in [5, 5.41) is 3.55. The maximum Gasteiger partial charge on any atom is 0.255 e. The molecule has 1 aromatic heterocycles. The molecule has 1 saturated heterocycles. The van der Waals surface area contributed by atoms with Crippen molar-refractivity contribution in [3.8, 4) is 11.3 Å². The molecule has 4 aromatic rings. The van der Waals surface area contributed by atoms with Crippen LogP contribution in [0.15, 0.2) is 71.1 Å². The zero-order valence-electron chi connectivity index (χ0n) is 21.9. The highest BCUT2D eigenvalue weighted by atomic mass is 32.2. The topological polar surface area (TPSA) is 48.7 Å². The molecule has 0 aliphatic carbocycles. The van der Waals surface area contributed by atoms with Gasteiger partial charge in [-0.25, -0.2) is 8.70 Å². The minimum Gasteiger partial charge on any atom is -0.455 e. The van der Waals surface area contributed by atoms with Gasteiger partial charge in [-0.2, -0.15) is 0 Å². The lowest BCUT2D eigenvalue weighted by molar-refractivity contribution is 0.0964. The number of amides is 1. The maximum atomic E-state index is 13.6. The smallest absolute Gasteiger partial charge is 0.255 e. The van der Waals surface area contributed by atoms with Crippen LogP contribution in [0.5, 0.6) is 0 Å². The molecule has 1 N–H and O–H groups in total. The molecule has 1 aliphatic heterocycles. The first-order valence-electron chi connectivity index (χ1n) is 12.8. The number of fused-ring (bicyclic) bond motifs is 1. The molecule has 0 radical (unpaired) electrons. The largest absolute Gasteiger partial charge is 0.455 e. The average molecular weight is 550 g/mol. The average Bonchev–Trinajstić information content (AvgIpc) is 3.34. The van der Waals surface area contributed by atoms with E-state index in [9.17, 15) is 9.18 Å². The zero-order valence-corrected chi connectivity index (χ0v) is 23.5. The number of anilines is 1. The van der Waals surface area contributed by atoms with Gasteiger partial charge in [-0.3, -0.25) is 4.79 Å². The van der Waals surface area contributed by atoms with Crippen LogP contribution >= 0.6 is 23.9 Å². The second kappa shape index (κ2) is 11.8. The van der Waals surface area contributed by atoms with Crippen molar-refractivity contribution in [2.45, 2.75) is 24.5 Å². The van der Waals surface area contributed by atoms with Crippen molar-refractivity contribution in [1.29, 1.82) is 0 Å². The van der Waals surface area contributed by atoms with Crippen molar-refractivity contribution in [2.24, 2.45) is 0 Å². The Morgan fingerprint density at radius 3 is 2.63 bits per heavy atom. The van der Waals surface area contributed by atoms with Gasteiger partial charge in [0, 0.05) is 56.2 Å². The standard InChI is InChI=1S/C30H32FN3O2S2/c1-32-30(35)28-25-16-24(22-10-7-15-34(18-22)38-19-20-8-5-4-6-9-20)26(33(2)37-3)17-27(25)36-29(28)21-11-13-23(31)14-12-21/h4-6,8-9,11-14,16-17,22H,7,10,15,18-19H2,1-3H3,(H,32,35)/t22-/m1/s1. The molecule has 1 amide bonds. The van der Waals surface area contributed by atoms with Gasteiger partial charge >= 0.3 is 0 Å². The van der Waals surface area contributed by atoms with Crippen molar-refractivity contribution in [1.82, 2.24) is 9.62 Å². The van der Waals surface area contributed by atoms with Gasteiger partial charge in [0.05, 0.1) is 11.3 Å². The third-order valence-electron chi connectivity index (χ3n) is 7.09. The number of carbonyl (C=O) groups excluding carboxylic acids is 1. The van der Waals surface area contributed by atoms with E-state index in [-0.39, 0.29) is 11.7 Å². The maximum absolute atomic E-state index is 13.6. The van der Waals surface area contributed by atoms with Crippen LogP contribution in [-0.4, -0.2) is 43.7 Å². The Bertz CT molecular complexity index is 1410. The summed E-state index contributed by atoms with van der Waals surface area (Å²) in [5.74, 6) is 1.18. The number of rotatable bonds is 8. The van der Waals surface area contributed by atoms with Crippen LogP contribution < -0.4 is 9.62 Å². The number of nitrogens with zero attached hydrogens (tertiary/aromatic N) is 2. The van der Waals surface area contributed by atoms with Crippen molar-refractivity contribution < 1.29 is 13.6 Å². The monoisotopic (exact) mass is 549 g/mol. The molecule has 3 aromatic carbocycles. The van der Waals surface area contributed by atoms with Crippen molar-refractivity contribution in [2.75, 3.05) is 37.7 Å². The first-order chi connectivity index (χ1) is 18.5. The lowest BCUT2D eigenvalue weighted by Crippen LogP contribution is -2.30. The highest BCUT2D eigenvalue weighted by Gasteiger charge is 2.29. The molecule has 2 heterocycles. The molecule has 0 saturated carbocycles. The summed E-state index contributed by atoms with van der Waals surface area (Å²) in [6, 6.07) is 20.8. The molecule has 1 atom stereocenters. The summed E-state index contributed by atoms with van der Waals surface area (Å²) in [4.78, 5) is 13.1. The second-order valence-corrected chi connectivity index (χ2v) is 11.4. The van der Waals surface area contributed by atoms with E-state index >= 15 is 0 Å². The van der Waals surface area contributed by atoms with Crippen LogP contribution in [-0.2, 0) is 5.75 Å². The van der Waals surface area contributed by atoms with Crippen LogP contribution in [0.3, 0.4) is 0 Å². The van der Waals surface area contributed by atoms with Crippen LogP contribution in [0.2, 0.25) is 0 Å². The Labute approximate surface area is 232 Å². The van der Waals surface area contributed by atoms with Crippen LogP contribution in [0, 0.1) is 5.82 Å². The van der Waals surface area contributed by atoms with Crippen LogP contribution in [0.1, 0.15) is 40.2 Å². The Morgan fingerprint density at radius 1 is 1.16 bits per heavy atom. The molecule has 198 valence electrons. The van der Waals surface area contributed by atoms with Gasteiger partial charge in [0.15, 0.2) is 0 Å². The quantitative estimate of drug-likeness (QED) is 0.232. The molecule has 5 nitrogen and oxygen atoms in total. The molecule has 0 bridgehead atoms. The van der Waals surface area contributed by atoms with Gasteiger partial charge in [-0.15, -0.1) is 0 Å². The van der Waals surface area contributed by atoms with Crippen LogP contribution in [0.25, 0.3) is 22.3 Å². The van der Waals surface area contributed by atoms with Gasteiger partial charge < -0.3 is 14.0 Å². The summed E-state index contributed by atoms with van der Waals surface area (Å²) >= 11 is 3.53. The number of carbonyl (C=O) groups is 1. The molecule has 1 aliphatic rings. The van der Waals surface area contributed by atoms with Gasteiger partial charge in [0.2, 0.25) is 0 Å². The lowest BCUT2D eigenvalue weighted by Gasteiger charge is -2.34. The molecule has 0 spiro atoms. The van der Waals surface area contributed by atoms with E-state index in [2.05, 4.69) is 69.7 Å². The van der Waals surface area contributed by atoms with Crippen molar-refractivity contribution in [3.05, 3.63) is 89.2 Å². The molecular weight excluding hydrogens is 517 g/mol. The summed E-state index contributed by atoms with van der Waals surface area (Å²) < 4.78 is 24.6. The molecule has 8 heteroatoms. The second-order valence-electron chi connectivity index (χ2n) is 9.47. The highest BCUT2D eigenvalue weighted by molar-refractivity contribution is 7.99. The molecular formula is C30H32FN3O2S2. The minimum absolute atomic E-state index is 0.219. The minimum atomic E-state index is -0.329. The van der Waals surface area contributed by atoms with E-state index in [0.717, 1.165) is 42.8 Å². The lowest BCUT2D eigenvalue weighted by atomic mass is 9.89. The Morgan fingerprint density at radius 2 is 1.92 bits per heavy atom. The molecule has 0 unspecified atom stereocenters. The number of halogens is 1. The SMILES string of the molecule is CNC(=O)c1c(-c2ccc(F)cc2)oc2cc(N(C)SC)c([C@@H]3CCCN(SCc4ccccc4)C3)cc12. The molecule has 38 heavy (non-hydrogen) atoms. The summed E-state index contributed by atoms with van der Waals surface area (Å²) in [6.07, 6.45) is 4.25. The number of piperidine rings is 1. The van der Waals surface area contributed by atoms with E-state index < -0.39 is 0 Å². The first kappa shape index (κ1) is 26.7. The Hall–Kier alpha value is -2.94. The fourth-order valence-corrected chi connectivity index (χ4v) is 6.48. The highest BCUT2D eigenvalue weighted by Crippen LogP contribution is 2.43. The van der Waals surface area contributed by atoms with Gasteiger partial charge in [-0.05, 0) is 60.2 Å². The third-order valence-corrected chi connectivity index (χ3v) is 9.00. The number of nitrogens with one attached hydrogen (secondary N) is 1. The normalized spacial score (nSPS) is 16.1. The third kappa shape index (κ3) is 5.58. The predicted molar refractivity (Wildman–Crippen MR) is 158 cm³/mol. The Balaban J connectivity index is 1.54. The van der Waals surface area contributed by atoms with E-state index in [4.69, 9.17) is 4.42 Å². The molecule has 1 fully saturated rings. The predicted octanol–water partition coefficient (Wildman–Crippen LogP) is 7.34. The Kier molecular flexibility index (Phi) is 8.31. The molecule has 5 rings (SSSR count).